The van der Waals surface area contributed by atoms with Crippen LogP contribution in [0.15, 0.2) is 12.7 Å². The zero-order chi connectivity index (χ0) is 8.59. The van der Waals surface area contributed by atoms with Gasteiger partial charge in [0.2, 0.25) is 0 Å². The van der Waals surface area contributed by atoms with Crippen molar-refractivity contribution in [3.63, 3.8) is 0 Å². The highest BCUT2D eigenvalue weighted by atomic mass is 79.9. The summed E-state index contributed by atoms with van der Waals surface area (Å²) in [6.45, 7) is 0. The summed E-state index contributed by atoms with van der Waals surface area (Å²) < 4.78 is 2.38. The molecule has 0 aliphatic rings. The summed E-state index contributed by atoms with van der Waals surface area (Å²) in [4.78, 5) is 11.2. The average molecular weight is 383 g/mol. The Hall–Kier alpha value is 1.10. The van der Waals surface area contributed by atoms with Crippen LogP contribution in [0.3, 0.4) is 0 Å². The van der Waals surface area contributed by atoms with E-state index in [1.165, 1.54) is 11.3 Å². The van der Waals surface area contributed by atoms with Gasteiger partial charge in [0, 0.05) is 0 Å². The van der Waals surface area contributed by atoms with Gasteiger partial charge in [-0.2, -0.15) is 0 Å². The van der Waals surface area contributed by atoms with Crippen molar-refractivity contribution in [2.45, 2.75) is 0 Å². The smallest absolute Gasteiger partial charge is 0.263 e. The molecule has 0 amide bonds. The van der Waals surface area contributed by atoms with E-state index in [1.807, 2.05) is 0 Å². The molecule has 1 heterocycles. The van der Waals surface area contributed by atoms with Gasteiger partial charge in [-0.1, -0.05) is 0 Å². The van der Waals surface area contributed by atoms with Crippen LogP contribution in [-0.4, -0.2) is 5.24 Å². The summed E-state index contributed by atoms with van der Waals surface area (Å²) in [5.74, 6) is 0. The van der Waals surface area contributed by atoms with E-state index in [0.29, 0.717) is 9.35 Å². The predicted molar refractivity (Wildman–Crippen MR) is 57.6 cm³/mol. The third kappa shape index (κ3) is 2.06. The Morgan fingerprint density at radius 3 is 2.00 bits per heavy atom. The summed E-state index contributed by atoms with van der Waals surface area (Å²) in [5.41, 5.74) is 0. The van der Waals surface area contributed by atoms with Gasteiger partial charge in [-0.3, -0.25) is 4.79 Å². The lowest BCUT2D eigenvalue weighted by Crippen LogP contribution is -1.81. The van der Waals surface area contributed by atoms with Gasteiger partial charge in [0.25, 0.3) is 5.24 Å². The molecule has 0 N–H and O–H groups in total. The van der Waals surface area contributed by atoms with Crippen LogP contribution in [0.4, 0.5) is 0 Å². The van der Waals surface area contributed by atoms with Crippen LogP contribution in [0, 0.1) is 0 Å². The largest absolute Gasteiger partial charge is 0.275 e. The Morgan fingerprint density at radius 2 is 1.82 bits per heavy atom. The van der Waals surface area contributed by atoms with Crippen molar-refractivity contribution >= 4 is 76.0 Å². The number of rotatable bonds is 1. The van der Waals surface area contributed by atoms with E-state index >= 15 is 0 Å². The number of thiophene rings is 1. The molecule has 1 aromatic rings. The molecular weight excluding hydrogens is 383 g/mol. The first-order chi connectivity index (χ1) is 5.04. The van der Waals surface area contributed by atoms with Gasteiger partial charge < -0.3 is 0 Å². The van der Waals surface area contributed by atoms with Gasteiger partial charge in [0.15, 0.2) is 0 Å². The Morgan fingerprint density at radius 1 is 1.27 bits per heavy atom. The maximum Gasteiger partial charge on any atom is 0.263 e. The van der Waals surface area contributed by atoms with Crippen LogP contribution in [0.2, 0.25) is 0 Å². The maximum atomic E-state index is 10.7. The number of hydrogen-bond donors (Lipinski definition) is 0. The highest BCUT2D eigenvalue weighted by Gasteiger charge is 2.16. The molecule has 6 heteroatoms. The topological polar surface area (TPSA) is 17.1 Å². The number of hydrogen-bond acceptors (Lipinski definition) is 2. The van der Waals surface area contributed by atoms with E-state index in [2.05, 4.69) is 47.8 Å². The lowest BCUT2D eigenvalue weighted by atomic mass is 10.5. The Labute approximate surface area is 97.5 Å². The predicted octanol–water partition coefficient (Wildman–Crippen LogP) is 4.41. The SMILES string of the molecule is O=C(Cl)c1sc(Br)c(Br)c1Br. The molecule has 0 fully saturated rings. The molecule has 1 nitrogen and oxygen atoms in total. The van der Waals surface area contributed by atoms with E-state index in [0.717, 1.165) is 8.26 Å². The summed E-state index contributed by atoms with van der Waals surface area (Å²) in [6, 6.07) is 0. The Bertz CT molecular complexity index is 309. The van der Waals surface area contributed by atoms with Crippen LogP contribution < -0.4 is 0 Å². The summed E-state index contributed by atoms with van der Waals surface area (Å²) in [6.07, 6.45) is 0. The highest BCUT2D eigenvalue weighted by Crippen LogP contribution is 2.41. The van der Waals surface area contributed by atoms with Crippen molar-refractivity contribution in [2.75, 3.05) is 0 Å². The summed E-state index contributed by atoms with van der Waals surface area (Å²) in [7, 11) is 0. The van der Waals surface area contributed by atoms with Gasteiger partial charge >= 0.3 is 0 Å². The zero-order valence-corrected chi connectivity index (χ0v) is 11.2. The molecule has 0 bridgehead atoms. The van der Waals surface area contributed by atoms with Gasteiger partial charge in [0.1, 0.15) is 4.88 Å². The fourth-order valence-corrected chi connectivity index (χ4v) is 3.73. The summed E-state index contributed by atoms with van der Waals surface area (Å²) >= 11 is 16.4. The Kier molecular flexibility index (Phi) is 3.58. The average Bonchev–Trinajstić information content (AvgIpc) is 2.17. The minimum absolute atomic E-state index is 0.451. The van der Waals surface area contributed by atoms with Gasteiger partial charge in [-0.15, -0.1) is 11.3 Å². The highest BCUT2D eigenvalue weighted by molar-refractivity contribution is 9.14. The van der Waals surface area contributed by atoms with Crippen LogP contribution in [-0.2, 0) is 0 Å². The van der Waals surface area contributed by atoms with Crippen molar-refractivity contribution < 1.29 is 4.79 Å². The number of carbonyl (C=O) groups excluding carboxylic acids is 1. The monoisotopic (exact) mass is 380 g/mol. The van der Waals surface area contributed by atoms with E-state index in [9.17, 15) is 4.79 Å². The third-order valence-electron chi connectivity index (χ3n) is 0.935. The van der Waals surface area contributed by atoms with E-state index in [4.69, 9.17) is 11.6 Å². The van der Waals surface area contributed by atoms with Crippen LogP contribution in [0.25, 0.3) is 0 Å². The van der Waals surface area contributed by atoms with E-state index in [-0.39, 0.29) is 0 Å². The van der Waals surface area contributed by atoms with Gasteiger partial charge in [-0.05, 0) is 59.4 Å². The third-order valence-corrected chi connectivity index (χ3v) is 6.27. The second kappa shape index (κ2) is 3.87. The standard InChI is InChI=1S/C5Br3ClOS/c6-1-2(7)4(8)11-3(1)5(9)10. The first kappa shape index (κ1) is 10.2. The Balaban J connectivity index is 3.29. The molecule has 60 valence electrons. The minimum Gasteiger partial charge on any atom is -0.275 e. The molecule has 0 aliphatic carbocycles. The van der Waals surface area contributed by atoms with Crippen molar-refractivity contribution in [1.29, 1.82) is 0 Å². The van der Waals surface area contributed by atoms with Crippen molar-refractivity contribution in [3.8, 4) is 0 Å². The van der Waals surface area contributed by atoms with Gasteiger partial charge in [-0.25, -0.2) is 0 Å². The molecule has 11 heavy (non-hydrogen) atoms. The molecule has 0 saturated heterocycles. The second-order valence-electron chi connectivity index (χ2n) is 1.61. The quantitative estimate of drug-likeness (QED) is 0.657. The zero-order valence-electron chi connectivity index (χ0n) is 4.83. The lowest BCUT2D eigenvalue weighted by Gasteiger charge is -1.86. The molecule has 0 spiro atoms. The summed E-state index contributed by atoms with van der Waals surface area (Å²) in [5, 5.41) is -0.451. The fraction of sp³-hybridized carbons (Fsp3) is 0. The molecule has 0 saturated carbocycles. The van der Waals surface area contributed by atoms with Crippen molar-refractivity contribution in [3.05, 3.63) is 17.6 Å². The van der Waals surface area contributed by atoms with Crippen LogP contribution in [0.5, 0.6) is 0 Å². The molecule has 0 aliphatic heterocycles. The van der Waals surface area contributed by atoms with Crippen molar-refractivity contribution in [2.24, 2.45) is 0 Å². The first-order valence-corrected chi connectivity index (χ1v) is 5.94. The fourth-order valence-electron chi connectivity index (χ4n) is 0.492. The van der Waals surface area contributed by atoms with Crippen LogP contribution in [0.1, 0.15) is 9.67 Å². The number of halogens is 4. The van der Waals surface area contributed by atoms with Crippen molar-refractivity contribution in [1.82, 2.24) is 0 Å². The van der Waals surface area contributed by atoms with Crippen LogP contribution >= 0.6 is 70.7 Å². The second-order valence-corrected chi connectivity index (χ2v) is 5.87. The van der Waals surface area contributed by atoms with E-state index < -0.39 is 5.24 Å². The lowest BCUT2D eigenvalue weighted by molar-refractivity contribution is 0.108. The molecule has 0 atom stereocenters. The number of carbonyl (C=O) groups is 1. The molecule has 0 unspecified atom stereocenters. The molecular formula is C5Br3ClOS. The normalized spacial score (nSPS) is 10.2. The minimum atomic E-state index is -0.451. The molecule has 1 aromatic heterocycles. The molecule has 0 aromatic carbocycles. The first-order valence-electron chi connectivity index (χ1n) is 2.37. The molecule has 0 radical (unpaired) electrons. The van der Waals surface area contributed by atoms with E-state index in [1.54, 1.807) is 0 Å². The molecule has 1 rings (SSSR count). The maximum absolute atomic E-state index is 10.7. The van der Waals surface area contributed by atoms with Gasteiger partial charge in [0.05, 0.1) is 12.7 Å².